The predicted molar refractivity (Wildman–Crippen MR) is 121 cm³/mol. The van der Waals surface area contributed by atoms with Crippen molar-refractivity contribution in [3.8, 4) is 0 Å². The molecular formula is C18H12Cl4N2O4S2. The van der Waals surface area contributed by atoms with E-state index in [1.165, 1.54) is 60.7 Å². The van der Waals surface area contributed by atoms with Crippen LogP contribution in [0.5, 0.6) is 0 Å². The molecule has 2 N–H and O–H groups in total. The molecule has 12 heteroatoms. The standard InChI is InChI=1S/C18H12Cl4N2O4S2/c19-11-1-5-14(6-2-11)29(25,26)23-13-9-16(21)18(17(22)10-13)24-30(27,28)15-7-3-12(20)4-8-15/h1-10,23-24H. The number of hydrogen-bond acceptors (Lipinski definition) is 4. The average molecular weight is 526 g/mol. The van der Waals surface area contributed by atoms with Crippen LogP contribution in [-0.4, -0.2) is 16.8 Å². The lowest BCUT2D eigenvalue weighted by Crippen LogP contribution is -2.15. The lowest BCUT2D eigenvalue weighted by Gasteiger charge is -2.14. The number of hydrogen-bond donors (Lipinski definition) is 2. The van der Waals surface area contributed by atoms with Crippen molar-refractivity contribution in [2.75, 3.05) is 9.44 Å². The van der Waals surface area contributed by atoms with Crippen molar-refractivity contribution in [2.24, 2.45) is 0 Å². The summed E-state index contributed by atoms with van der Waals surface area (Å²) in [6.45, 7) is 0. The Hall–Kier alpha value is -1.68. The summed E-state index contributed by atoms with van der Waals surface area (Å²) >= 11 is 23.9. The van der Waals surface area contributed by atoms with E-state index in [0.717, 1.165) is 0 Å². The first-order valence-electron chi connectivity index (χ1n) is 8.04. The molecule has 0 aliphatic heterocycles. The van der Waals surface area contributed by atoms with Crippen molar-refractivity contribution in [1.82, 2.24) is 0 Å². The number of nitrogens with one attached hydrogen (secondary N) is 2. The minimum absolute atomic E-state index is 0.0216. The van der Waals surface area contributed by atoms with Gasteiger partial charge in [0.05, 0.1) is 31.2 Å². The quantitative estimate of drug-likeness (QED) is 0.419. The third-order valence-electron chi connectivity index (χ3n) is 3.78. The first-order chi connectivity index (χ1) is 14.0. The van der Waals surface area contributed by atoms with Crippen LogP contribution in [0, 0.1) is 0 Å². The van der Waals surface area contributed by atoms with Gasteiger partial charge in [-0.3, -0.25) is 9.44 Å². The van der Waals surface area contributed by atoms with Crippen LogP contribution in [-0.2, 0) is 20.0 Å². The molecular weight excluding hydrogens is 514 g/mol. The Labute approximate surface area is 193 Å². The number of rotatable bonds is 6. The predicted octanol–water partition coefficient (Wildman–Crippen LogP) is 5.90. The summed E-state index contributed by atoms with van der Waals surface area (Å²) in [4.78, 5) is -0.0711. The molecule has 0 aliphatic rings. The number of anilines is 2. The third kappa shape index (κ3) is 5.32. The van der Waals surface area contributed by atoms with Gasteiger partial charge in [0, 0.05) is 10.0 Å². The zero-order chi connectivity index (χ0) is 22.1. The zero-order valence-corrected chi connectivity index (χ0v) is 19.4. The first-order valence-corrected chi connectivity index (χ1v) is 12.5. The van der Waals surface area contributed by atoms with E-state index in [4.69, 9.17) is 46.4 Å². The van der Waals surface area contributed by atoms with Crippen molar-refractivity contribution in [3.05, 3.63) is 80.8 Å². The van der Waals surface area contributed by atoms with Gasteiger partial charge in [-0.05, 0) is 60.7 Å². The van der Waals surface area contributed by atoms with Gasteiger partial charge in [-0.1, -0.05) is 46.4 Å². The molecule has 158 valence electrons. The van der Waals surface area contributed by atoms with Gasteiger partial charge in [-0.15, -0.1) is 0 Å². The van der Waals surface area contributed by atoms with Gasteiger partial charge in [-0.25, -0.2) is 16.8 Å². The molecule has 0 radical (unpaired) electrons. The highest BCUT2D eigenvalue weighted by atomic mass is 35.5. The van der Waals surface area contributed by atoms with Gasteiger partial charge in [0.25, 0.3) is 20.0 Å². The Morgan fingerprint density at radius 2 is 0.933 bits per heavy atom. The minimum atomic E-state index is -4.00. The molecule has 3 rings (SSSR count). The van der Waals surface area contributed by atoms with Crippen LogP contribution in [0.4, 0.5) is 11.4 Å². The molecule has 0 fully saturated rings. The van der Waals surface area contributed by atoms with E-state index in [9.17, 15) is 16.8 Å². The molecule has 0 saturated carbocycles. The molecule has 30 heavy (non-hydrogen) atoms. The van der Waals surface area contributed by atoms with E-state index < -0.39 is 20.0 Å². The number of sulfonamides is 2. The van der Waals surface area contributed by atoms with Crippen LogP contribution in [0.1, 0.15) is 0 Å². The fourth-order valence-corrected chi connectivity index (χ4v) is 5.45. The van der Waals surface area contributed by atoms with Crippen LogP contribution >= 0.6 is 46.4 Å². The largest absolute Gasteiger partial charge is 0.280 e. The molecule has 0 aliphatic carbocycles. The van der Waals surface area contributed by atoms with Crippen molar-refractivity contribution in [3.63, 3.8) is 0 Å². The number of benzene rings is 3. The van der Waals surface area contributed by atoms with Crippen molar-refractivity contribution >= 4 is 77.8 Å². The maximum atomic E-state index is 12.5. The van der Waals surface area contributed by atoms with E-state index in [-0.39, 0.29) is 31.2 Å². The average Bonchev–Trinajstić information content (AvgIpc) is 2.65. The topological polar surface area (TPSA) is 92.3 Å². The van der Waals surface area contributed by atoms with Gasteiger partial charge in [-0.2, -0.15) is 0 Å². The molecule has 0 unspecified atom stereocenters. The van der Waals surface area contributed by atoms with Crippen LogP contribution in [0.2, 0.25) is 20.1 Å². The van der Waals surface area contributed by atoms with Gasteiger partial charge in [0.1, 0.15) is 0 Å². The SMILES string of the molecule is O=S(=O)(Nc1cc(Cl)c(NS(=O)(=O)c2ccc(Cl)cc2)c(Cl)c1)c1ccc(Cl)cc1. The van der Waals surface area contributed by atoms with Crippen LogP contribution in [0.25, 0.3) is 0 Å². The lowest BCUT2D eigenvalue weighted by molar-refractivity contribution is 0.599. The summed E-state index contributed by atoms with van der Waals surface area (Å²) in [5, 5.41) is 0.558. The highest BCUT2D eigenvalue weighted by Crippen LogP contribution is 2.36. The monoisotopic (exact) mass is 524 g/mol. The molecule has 0 spiro atoms. The second-order valence-electron chi connectivity index (χ2n) is 5.93. The van der Waals surface area contributed by atoms with E-state index in [1.54, 1.807) is 0 Å². The minimum Gasteiger partial charge on any atom is -0.280 e. The summed E-state index contributed by atoms with van der Waals surface area (Å²) in [6.07, 6.45) is 0. The summed E-state index contributed by atoms with van der Waals surface area (Å²) < 4.78 is 54.7. The van der Waals surface area contributed by atoms with Crippen LogP contribution < -0.4 is 9.44 Å². The number of halogens is 4. The van der Waals surface area contributed by atoms with Gasteiger partial charge < -0.3 is 0 Å². The Morgan fingerprint density at radius 1 is 0.567 bits per heavy atom. The second-order valence-corrected chi connectivity index (χ2v) is 11.0. The van der Waals surface area contributed by atoms with Gasteiger partial charge in [0.2, 0.25) is 0 Å². The van der Waals surface area contributed by atoms with Crippen LogP contribution in [0.3, 0.4) is 0 Å². The third-order valence-corrected chi connectivity index (χ3v) is 7.64. The summed E-state index contributed by atoms with van der Waals surface area (Å²) in [6, 6.07) is 13.5. The van der Waals surface area contributed by atoms with E-state index in [1.807, 2.05) is 0 Å². The molecule has 6 nitrogen and oxygen atoms in total. The van der Waals surface area contributed by atoms with Crippen molar-refractivity contribution < 1.29 is 16.8 Å². The summed E-state index contributed by atoms with van der Waals surface area (Å²) in [5.74, 6) is 0. The second kappa shape index (κ2) is 8.82. The first kappa shape index (κ1) is 23.0. The van der Waals surface area contributed by atoms with E-state index >= 15 is 0 Å². The molecule has 3 aromatic rings. The molecule has 0 heterocycles. The summed E-state index contributed by atoms with van der Waals surface area (Å²) in [7, 11) is -7.93. The van der Waals surface area contributed by atoms with E-state index in [2.05, 4.69) is 9.44 Å². The lowest BCUT2D eigenvalue weighted by atomic mass is 10.3. The Bertz CT molecular complexity index is 1270. The molecule has 0 aromatic heterocycles. The van der Waals surface area contributed by atoms with E-state index in [0.29, 0.717) is 10.0 Å². The molecule has 0 bridgehead atoms. The Morgan fingerprint density at radius 3 is 1.33 bits per heavy atom. The Balaban J connectivity index is 1.88. The van der Waals surface area contributed by atoms with Crippen molar-refractivity contribution in [1.29, 1.82) is 0 Å². The summed E-state index contributed by atoms with van der Waals surface area (Å²) in [5.41, 5.74) is -0.0443. The highest BCUT2D eigenvalue weighted by Gasteiger charge is 2.20. The molecule has 0 saturated heterocycles. The van der Waals surface area contributed by atoms with Gasteiger partial charge >= 0.3 is 0 Å². The maximum Gasteiger partial charge on any atom is 0.261 e. The maximum absolute atomic E-state index is 12.5. The zero-order valence-electron chi connectivity index (χ0n) is 14.7. The smallest absolute Gasteiger partial charge is 0.261 e. The molecule has 0 atom stereocenters. The van der Waals surface area contributed by atoms with Crippen molar-refractivity contribution in [2.45, 2.75) is 9.79 Å². The fourth-order valence-electron chi connectivity index (χ4n) is 2.36. The molecule has 0 amide bonds. The highest BCUT2D eigenvalue weighted by molar-refractivity contribution is 7.93. The molecule has 3 aromatic carbocycles. The van der Waals surface area contributed by atoms with Gasteiger partial charge in [0.15, 0.2) is 0 Å². The van der Waals surface area contributed by atoms with Crippen LogP contribution in [0.15, 0.2) is 70.5 Å². The Kier molecular flexibility index (Phi) is 6.76. The normalized spacial score (nSPS) is 11.9. The fraction of sp³-hybridized carbons (Fsp3) is 0.